The molecule has 3 rings (SSSR count). The van der Waals surface area contributed by atoms with Crippen LogP contribution in [0.1, 0.15) is 32.7 Å². The van der Waals surface area contributed by atoms with Crippen LogP contribution in [-0.2, 0) is 0 Å². The van der Waals surface area contributed by atoms with Crippen LogP contribution in [-0.4, -0.2) is 18.2 Å². The third-order valence-corrected chi connectivity index (χ3v) is 3.57. The van der Waals surface area contributed by atoms with Gasteiger partial charge >= 0.3 is 0 Å². The first-order valence-electron chi connectivity index (χ1n) is 6.67. The van der Waals surface area contributed by atoms with Crippen LogP contribution in [0.15, 0.2) is 48.5 Å². The van der Waals surface area contributed by atoms with Gasteiger partial charge in [-0.3, -0.25) is 9.59 Å². The lowest BCUT2D eigenvalue weighted by Gasteiger charge is -2.28. The Balaban J connectivity index is 2.01. The van der Waals surface area contributed by atoms with E-state index in [0.29, 0.717) is 24.1 Å². The van der Waals surface area contributed by atoms with E-state index in [2.05, 4.69) is 0 Å². The number of rotatable bonds is 1. The first kappa shape index (κ1) is 12.6. The van der Waals surface area contributed by atoms with Gasteiger partial charge in [-0.1, -0.05) is 29.8 Å². The summed E-state index contributed by atoms with van der Waals surface area (Å²) in [6, 6.07) is 14.8. The molecular formula is C17H15NO2. The van der Waals surface area contributed by atoms with Crippen molar-refractivity contribution in [3.8, 4) is 0 Å². The van der Waals surface area contributed by atoms with Gasteiger partial charge in [-0.2, -0.15) is 0 Å². The van der Waals surface area contributed by atoms with Crippen LogP contribution >= 0.6 is 0 Å². The fourth-order valence-corrected chi connectivity index (χ4v) is 2.56. The van der Waals surface area contributed by atoms with Crippen molar-refractivity contribution in [3.63, 3.8) is 0 Å². The second-order valence-electron chi connectivity index (χ2n) is 5.02. The zero-order valence-electron chi connectivity index (χ0n) is 11.3. The summed E-state index contributed by atoms with van der Waals surface area (Å²) in [5.74, 6) is 0.0579. The summed E-state index contributed by atoms with van der Waals surface area (Å²) in [7, 11) is 0. The summed E-state index contributed by atoms with van der Waals surface area (Å²) in [4.78, 5) is 26.2. The molecule has 0 fully saturated rings. The summed E-state index contributed by atoms with van der Waals surface area (Å²) in [6.07, 6.45) is 0.384. The van der Waals surface area contributed by atoms with Gasteiger partial charge in [-0.15, -0.1) is 0 Å². The predicted molar refractivity (Wildman–Crippen MR) is 78.2 cm³/mol. The number of anilines is 1. The van der Waals surface area contributed by atoms with Gasteiger partial charge in [-0.05, 0) is 31.2 Å². The number of para-hydroxylation sites is 1. The quantitative estimate of drug-likeness (QED) is 0.794. The van der Waals surface area contributed by atoms with Crippen LogP contribution in [0, 0.1) is 6.92 Å². The number of nitrogens with zero attached hydrogens (tertiary/aromatic N) is 1. The summed E-state index contributed by atoms with van der Waals surface area (Å²) in [6.45, 7) is 2.41. The molecule has 0 saturated carbocycles. The van der Waals surface area contributed by atoms with Crippen molar-refractivity contribution in [1.29, 1.82) is 0 Å². The molecule has 0 atom stereocenters. The Kier molecular flexibility index (Phi) is 3.11. The Morgan fingerprint density at radius 1 is 1.10 bits per heavy atom. The Morgan fingerprint density at radius 2 is 1.90 bits per heavy atom. The van der Waals surface area contributed by atoms with Crippen LogP contribution < -0.4 is 4.90 Å². The topological polar surface area (TPSA) is 37.4 Å². The number of benzene rings is 2. The highest BCUT2D eigenvalue weighted by molar-refractivity contribution is 6.13. The van der Waals surface area contributed by atoms with E-state index >= 15 is 0 Å². The molecule has 0 saturated heterocycles. The maximum atomic E-state index is 12.6. The van der Waals surface area contributed by atoms with Crippen LogP contribution in [0.2, 0.25) is 0 Å². The van der Waals surface area contributed by atoms with E-state index in [1.54, 1.807) is 11.0 Å². The highest BCUT2D eigenvalue weighted by atomic mass is 16.2. The van der Waals surface area contributed by atoms with E-state index < -0.39 is 0 Å². The molecule has 100 valence electrons. The summed E-state index contributed by atoms with van der Waals surface area (Å²) >= 11 is 0. The molecule has 0 aliphatic carbocycles. The Morgan fingerprint density at radius 3 is 2.70 bits per heavy atom. The number of fused-ring (bicyclic) bond motifs is 1. The highest BCUT2D eigenvalue weighted by Gasteiger charge is 2.27. The summed E-state index contributed by atoms with van der Waals surface area (Å²) in [5.41, 5.74) is 3.07. The van der Waals surface area contributed by atoms with Crippen molar-refractivity contribution in [2.45, 2.75) is 13.3 Å². The fraction of sp³-hybridized carbons (Fsp3) is 0.176. The first-order chi connectivity index (χ1) is 9.66. The lowest BCUT2D eigenvalue weighted by Crippen LogP contribution is -2.37. The third-order valence-electron chi connectivity index (χ3n) is 3.57. The van der Waals surface area contributed by atoms with Crippen molar-refractivity contribution in [2.24, 2.45) is 0 Å². The molecule has 1 heterocycles. The zero-order valence-corrected chi connectivity index (χ0v) is 11.3. The molecule has 0 aromatic heterocycles. The Hall–Kier alpha value is -2.42. The van der Waals surface area contributed by atoms with Gasteiger partial charge in [0, 0.05) is 24.1 Å². The molecule has 3 nitrogen and oxygen atoms in total. The van der Waals surface area contributed by atoms with Crippen molar-refractivity contribution in [1.82, 2.24) is 0 Å². The van der Waals surface area contributed by atoms with Gasteiger partial charge in [0.05, 0.1) is 5.69 Å². The highest BCUT2D eigenvalue weighted by Crippen LogP contribution is 2.28. The average molecular weight is 265 g/mol. The number of Topliss-reactive ketones (excluding diaryl/α,β-unsaturated/α-hetero) is 1. The maximum Gasteiger partial charge on any atom is 0.258 e. The number of hydrogen-bond acceptors (Lipinski definition) is 2. The van der Waals surface area contributed by atoms with Gasteiger partial charge in [0.15, 0.2) is 5.78 Å². The van der Waals surface area contributed by atoms with Crippen molar-refractivity contribution < 1.29 is 9.59 Å². The standard InChI is InChI=1S/C17H15NO2/c1-12-5-4-6-13(11-12)17(20)18-10-9-16(19)14-7-2-3-8-15(14)18/h2-8,11H,9-10H2,1H3. The molecule has 2 aromatic rings. The van der Waals surface area contributed by atoms with E-state index in [4.69, 9.17) is 0 Å². The second kappa shape index (κ2) is 4.93. The van der Waals surface area contributed by atoms with Gasteiger partial charge in [0.1, 0.15) is 0 Å². The van der Waals surface area contributed by atoms with Crippen LogP contribution in [0.5, 0.6) is 0 Å². The van der Waals surface area contributed by atoms with Gasteiger partial charge in [-0.25, -0.2) is 0 Å². The SMILES string of the molecule is Cc1cccc(C(=O)N2CCC(=O)c3ccccc32)c1. The lowest BCUT2D eigenvalue weighted by atomic mass is 9.99. The fourth-order valence-electron chi connectivity index (χ4n) is 2.56. The predicted octanol–water partition coefficient (Wildman–Crippen LogP) is 3.23. The van der Waals surface area contributed by atoms with E-state index in [1.165, 1.54) is 0 Å². The normalized spacial score (nSPS) is 14.1. The lowest BCUT2D eigenvalue weighted by molar-refractivity contribution is 0.0955. The number of carbonyl (C=O) groups excluding carboxylic acids is 2. The minimum atomic E-state index is -0.0475. The number of amides is 1. The van der Waals surface area contributed by atoms with E-state index in [9.17, 15) is 9.59 Å². The molecular weight excluding hydrogens is 250 g/mol. The number of carbonyl (C=O) groups is 2. The molecule has 3 heteroatoms. The van der Waals surface area contributed by atoms with Crippen molar-refractivity contribution in [2.75, 3.05) is 11.4 Å². The molecule has 0 N–H and O–H groups in total. The van der Waals surface area contributed by atoms with E-state index in [1.807, 2.05) is 49.4 Å². The van der Waals surface area contributed by atoms with E-state index in [-0.39, 0.29) is 11.7 Å². The summed E-state index contributed by atoms with van der Waals surface area (Å²) in [5, 5.41) is 0. The average Bonchev–Trinajstić information content (AvgIpc) is 2.47. The summed E-state index contributed by atoms with van der Waals surface area (Å²) < 4.78 is 0. The minimum absolute atomic E-state index is 0.0475. The van der Waals surface area contributed by atoms with Crippen LogP contribution in [0.3, 0.4) is 0 Å². The molecule has 1 aliphatic rings. The molecule has 1 amide bonds. The van der Waals surface area contributed by atoms with Gasteiger partial charge in [0.2, 0.25) is 0 Å². The number of hydrogen-bond donors (Lipinski definition) is 0. The maximum absolute atomic E-state index is 12.6. The largest absolute Gasteiger partial charge is 0.307 e. The molecule has 1 aliphatic heterocycles. The van der Waals surface area contributed by atoms with Gasteiger partial charge < -0.3 is 4.90 Å². The first-order valence-corrected chi connectivity index (χ1v) is 6.67. The van der Waals surface area contributed by atoms with E-state index in [0.717, 1.165) is 11.3 Å². The number of aryl methyl sites for hydroxylation is 1. The minimum Gasteiger partial charge on any atom is -0.307 e. The molecule has 2 aromatic carbocycles. The van der Waals surface area contributed by atoms with Crippen LogP contribution in [0.4, 0.5) is 5.69 Å². The monoisotopic (exact) mass is 265 g/mol. The molecule has 0 bridgehead atoms. The Labute approximate surface area is 117 Å². The Bertz CT molecular complexity index is 691. The van der Waals surface area contributed by atoms with Crippen molar-refractivity contribution in [3.05, 3.63) is 65.2 Å². The van der Waals surface area contributed by atoms with Crippen LogP contribution in [0.25, 0.3) is 0 Å². The smallest absolute Gasteiger partial charge is 0.258 e. The van der Waals surface area contributed by atoms with Crippen molar-refractivity contribution >= 4 is 17.4 Å². The molecule has 0 unspecified atom stereocenters. The number of ketones is 1. The third kappa shape index (κ3) is 2.11. The zero-order chi connectivity index (χ0) is 14.1. The van der Waals surface area contributed by atoms with Gasteiger partial charge in [0.25, 0.3) is 5.91 Å². The molecule has 0 radical (unpaired) electrons. The molecule has 20 heavy (non-hydrogen) atoms. The second-order valence-corrected chi connectivity index (χ2v) is 5.02. The molecule has 0 spiro atoms.